The fourth-order valence-electron chi connectivity index (χ4n) is 2.88. The lowest BCUT2D eigenvalue weighted by Crippen LogP contribution is -2.41. The van der Waals surface area contributed by atoms with Gasteiger partial charge in [-0.3, -0.25) is 4.79 Å². The largest absolute Gasteiger partial charge is 0.375 e. The number of alkyl halides is 2. The number of nitrogens with zero attached hydrogens (tertiary/aromatic N) is 5. The summed E-state index contributed by atoms with van der Waals surface area (Å²) in [6.07, 6.45) is 0.115. The number of amides is 1. The number of ether oxygens (including phenoxy) is 1. The minimum absolute atomic E-state index is 0.0195. The van der Waals surface area contributed by atoms with Crippen LogP contribution in [0.4, 0.5) is 8.78 Å². The predicted octanol–water partition coefficient (Wildman–Crippen LogP) is 1.41. The zero-order chi connectivity index (χ0) is 16.4. The van der Waals surface area contributed by atoms with Crippen molar-refractivity contribution in [1.29, 1.82) is 0 Å². The Labute approximate surface area is 131 Å². The topological polar surface area (TPSA) is 72.6 Å². The molecule has 1 saturated heterocycles. The van der Waals surface area contributed by atoms with E-state index in [1.54, 1.807) is 4.90 Å². The number of carbonyl (C=O) groups excluding carboxylic acids is 1. The number of hydrogen-bond donors (Lipinski definition) is 0. The zero-order valence-electron chi connectivity index (χ0n) is 12.7. The van der Waals surface area contributed by atoms with Crippen molar-refractivity contribution in [3.05, 3.63) is 23.8 Å². The second kappa shape index (κ2) is 6.53. The van der Waals surface area contributed by atoms with Crippen LogP contribution in [0.2, 0.25) is 0 Å². The number of carbonyl (C=O) groups is 1. The van der Waals surface area contributed by atoms with Crippen LogP contribution in [-0.4, -0.2) is 57.2 Å². The Kier molecular flexibility index (Phi) is 4.46. The van der Waals surface area contributed by atoms with Crippen molar-refractivity contribution in [1.82, 2.24) is 24.5 Å². The molecule has 0 aromatic carbocycles. The van der Waals surface area contributed by atoms with Crippen molar-refractivity contribution in [3.63, 3.8) is 0 Å². The van der Waals surface area contributed by atoms with Gasteiger partial charge < -0.3 is 9.64 Å². The zero-order valence-corrected chi connectivity index (χ0v) is 12.7. The summed E-state index contributed by atoms with van der Waals surface area (Å²) < 4.78 is 32.4. The molecule has 1 aliphatic rings. The SMILES string of the molecule is COCC(=O)N1CCC[C@H](c2cc(C(F)F)n3ncnc3n2)C1. The Morgan fingerprint density at radius 2 is 2.35 bits per heavy atom. The molecule has 1 aliphatic heterocycles. The maximum atomic E-state index is 13.2. The third-order valence-corrected chi connectivity index (χ3v) is 3.98. The summed E-state index contributed by atoms with van der Waals surface area (Å²) in [6.45, 7) is 1.11. The summed E-state index contributed by atoms with van der Waals surface area (Å²) in [4.78, 5) is 21.9. The van der Waals surface area contributed by atoms with Gasteiger partial charge in [-0.2, -0.15) is 14.6 Å². The first-order valence-corrected chi connectivity index (χ1v) is 7.35. The number of methoxy groups -OCH3 is 1. The fourth-order valence-corrected chi connectivity index (χ4v) is 2.88. The van der Waals surface area contributed by atoms with Gasteiger partial charge in [0.1, 0.15) is 18.6 Å². The molecule has 0 unspecified atom stereocenters. The van der Waals surface area contributed by atoms with Gasteiger partial charge in [-0.05, 0) is 18.9 Å². The highest BCUT2D eigenvalue weighted by atomic mass is 19.3. The third-order valence-electron chi connectivity index (χ3n) is 3.98. The molecular formula is C14H17F2N5O2. The summed E-state index contributed by atoms with van der Waals surface area (Å²) in [5.41, 5.74) is 0.290. The molecule has 0 saturated carbocycles. The molecule has 1 fully saturated rings. The van der Waals surface area contributed by atoms with Crippen LogP contribution in [0.15, 0.2) is 12.4 Å². The lowest BCUT2D eigenvalue weighted by Gasteiger charge is -2.32. The Bertz CT molecular complexity index is 706. The highest BCUT2D eigenvalue weighted by molar-refractivity contribution is 5.77. The van der Waals surface area contributed by atoms with Crippen LogP contribution in [0.25, 0.3) is 5.78 Å². The van der Waals surface area contributed by atoms with Gasteiger partial charge in [-0.25, -0.2) is 13.8 Å². The molecule has 0 radical (unpaired) electrons. The molecule has 3 heterocycles. The molecule has 9 heteroatoms. The molecule has 0 bridgehead atoms. The highest BCUT2D eigenvalue weighted by Gasteiger charge is 2.27. The molecule has 2 aromatic heterocycles. The molecule has 3 rings (SSSR count). The summed E-state index contributed by atoms with van der Waals surface area (Å²) in [6, 6.07) is 1.36. The van der Waals surface area contributed by atoms with E-state index >= 15 is 0 Å². The molecule has 23 heavy (non-hydrogen) atoms. The molecule has 1 atom stereocenters. The lowest BCUT2D eigenvalue weighted by molar-refractivity contribution is -0.136. The molecule has 1 amide bonds. The van der Waals surface area contributed by atoms with Gasteiger partial charge >= 0.3 is 0 Å². The number of aromatic nitrogens is 4. The standard InChI is InChI=1S/C14H17F2N5O2/c1-23-7-12(22)20-4-2-3-9(6-20)10-5-11(13(15)16)21-14(19-10)17-8-18-21/h5,8-9,13H,2-4,6-7H2,1H3/t9-/m0/s1. The Morgan fingerprint density at radius 1 is 1.52 bits per heavy atom. The van der Waals surface area contributed by atoms with Crippen LogP contribution in [0.3, 0.4) is 0 Å². The van der Waals surface area contributed by atoms with Gasteiger partial charge in [-0.1, -0.05) is 0 Å². The van der Waals surface area contributed by atoms with Crippen LogP contribution >= 0.6 is 0 Å². The Hall–Kier alpha value is -2.16. The summed E-state index contributed by atoms with van der Waals surface area (Å²) in [7, 11) is 1.47. The van der Waals surface area contributed by atoms with Gasteiger partial charge in [0.2, 0.25) is 5.91 Å². The van der Waals surface area contributed by atoms with Crippen molar-refractivity contribution in [3.8, 4) is 0 Å². The average molecular weight is 325 g/mol. The van der Waals surface area contributed by atoms with Crippen molar-refractivity contribution in [2.24, 2.45) is 0 Å². The van der Waals surface area contributed by atoms with Gasteiger partial charge in [-0.15, -0.1) is 0 Å². The fraction of sp³-hybridized carbons (Fsp3) is 0.571. The molecule has 0 aliphatic carbocycles. The molecule has 2 aromatic rings. The van der Waals surface area contributed by atoms with Crippen molar-refractivity contribution >= 4 is 11.7 Å². The first kappa shape index (κ1) is 15.7. The number of hydrogen-bond acceptors (Lipinski definition) is 5. The first-order valence-electron chi connectivity index (χ1n) is 7.35. The number of halogens is 2. The van der Waals surface area contributed by atoms with E-state index in [1.165, 1.54) is 19.5 Å². The lowest BCUT2D eigenvalue weighted by atomic mass is 9.94. The van der Waals surface area contributed by atoms with Gasteiger partial charge in [0.15, 0.2) is 0 Å². The van der Waals surface area contributed by atoms with Crippen LogP contribution < -0.4 is 0 Å². The van der Waals surface area contributed by atoms with Gasteiger partial charge in [0.05, 0.1) is 5.69 Å². The number of fused-ring (bicyclic) bond motifs is 1. The van der Waals surface area contributed by atoms with E-state index in [4.69, 9.17) is 4.74 Å². The smallest absolute Gasteiger partial charge is 0.280 e. The number of rotatable bonds is 4. The normalized spacial score (nSPS) is 18.8. The molecule has 0 spiro atoms. The Morgan fingerprint density at radius 3 is 3.09 bits per heavy atom. The number of piperidine rings is 1. The van der Waals surface area contributed by atoms with Crippen molar-refractivity contribution in [2.45, 2.75) is 25.2 Å². The van der Waals surface area contributed by atoms with Crippen LogP contribution in [0.1, 0.15) is 36.6 Å². The molecule has 0 N–H and O–H groups in total. The molecular weight excluding hydrogens is 308 g/mol. The minimum Gasteiger partial charge on any atom is -0.375 e. The third kappa shape index (κ3) is 3.14. The van der Waals surface area contributed by atoms with Gasteiger partial charge in [0.25, 0.3) is 12.2 Å². The van der Waals surface area contributed by atoms with Crippen molar-refractivity contribution in [2.75, 3.05) is 26.8 Å². The van der Waals surface area contributed by atoms with E-state index in [-0.39, 0.29) is 29.9 Å². The summed E-state index contributed by atoms with van der Waals surface area (Å²) in [5.74, 6) is -0.0447. The average Bonchev–Trinajstić information content (AvgIpc) is 3.02. The van der Waals surface area contributed by atoms with E-state index in [0.717, 1.165) is 17.4 Å². The predicted molar refractivity (Wildman–Crippen MR) is 76.2 cm³/mol. The van der Waals surface area contributed by atoms with Crippen LogP contribution in [-0.2, 0) is 9.53 Å². The Balaban J connectivity index is 1.88. The molecule has 7 nitrogen and oxygen atoms in total. The van der Waals surface area contributed by atoms with E-state index < -0.39 is 6.43 Å². The van der Waals surface area contributed by atoms with E-state index in [9.17, 15) is 13.6 Å². The van der Waals surface area contributed by atoms with Crippen molar-refractivity contribution < 1.29 is 18.3 Å². The van der Waals surface area contributed by atoms with E-state index in [1.807, 2.05) is 0 Å². The maximum absolute atomic E-state index is 13.2. The second-order valence-electron chi connectivity index (χ2n) is 5.49. The van der Waals surface area contributed by atoms with Crippen LogP contribution in [0, 0.1) is 0 Å². The maximum Gasteiger partial charge on any atom is 0.280 e. The quantitative estimate of drug-likeness (QED) is 0.850. The number of likely N-dealkylation sites (tertiary alicyclic amines) is 1. The summed E-state index contributed by atoms with van der Waals surface area (Å²) in [5, 5.41) is 3.78. The minimum atomic E-state index is -2.67. The second-order valence-corrected chi connectivity index (χ2v) is 5.49. The van der Waals surface area contributed by atoms with Gasteiger partial charge in [0, 0.05) is 26.1 Å². The van der Waals surface area contributed by atoms with E-state index in [0.29, 0.717) is 18.8 Å². The monoisotopic (exact) mass is 325 g/mol. The first-order chi connectivity index (χ1) is 11.1. The summed E-state index contributed by atoms with van der Waals surface area (Å²) >= 11 is 0. The van der Waals surface area contributed by atoms with E-state index in [2.05, 4.69) is 15.1 Å². The molecule has 124 valence electrons. The van der Waals surface area contributed by atoms with Crippen LogP contribution in [0.5, 0.6) is 0 Å². The highest BCUT2D eigenvalue weighted by Crippen LogP contribution is 2.29.